The molecule has 0 unspecified atom stereocenters. The van der Waals surface area contributed by atoms with Crippen LogP contribution in [0.15, 0.2) is 29.4 Å². The van der Waals surface area contributed by atoms with Crippen LogP contribution in [0, 0.1) is 0 Å². The zero-order valence-electron chi connectivity index (χ0n) is 12.3. The predicted octanol–water partition coefficient (Wildman–Crippen LogP) is 4.04. The Labute approximate surface area is 139 Å². The van der Waals surface area contributed by atoms with Gasteiger partial charge in [0.2, 0.25) is 0 Å². The molecule has 7 heteroatoms. The summed E-state index contributed by atoms with van der Waals surface area (Å²) in [5.41, 5.74) is 7.65. The van der Waals surface area contributed by atoms with Crippen LogP contribution in [0.4, 0.5) is 11.8 Å². The van der Waals surface area contributed by atoms with Crippen molar-refractivity contribution in [3.05, 3.63) is 45.6 Å². The first-order chi connectivity index (χ1) is 10.5. The normalized spacial score (nSPS) is 11.5. The van der Waals surface area contributed by atoms with Gasteiger partial charge in [-0.25, -0.2) is 4.98 Å². The number of hydrogen-bond donors (Lipinski definition) is 1. The molecule has 0 aliphatic carbocycles. The van der Waals surface area contributed by atoms with Crippen molar-refractivity contribution in [1.29, 1.82) is 0 Å². The Hall–Kier alpha value is -1.85. The highest BCUT2D eigenvalue weighted by Crippen LogP contribution is 2.25. The quantitative estimate of drug-likeness (QED) is 0.674. The lowest BCUT2D eigenvalue weighted by molar-refractivity contribution is 0.324. The molecule has 0 fully saturated rings. The van der Waals surface area contributed by atoms with Gasteiger partial charge in [0.1, 0.15) is 5.82 Å². The van der Waals surface area contributed by atoms with E-state index in [-0.39, 0.29) is 5.95 Å². The monoisotopic (exact) mass is 338 g/mol. The molecule has 0 spiro atoms. The van der Waals surface area contributed by atoms with Crippen LogP contribution < -0.4 is 5.73 Å². The van der Waals surface area contributed by atoms with Crippen LogP contribution in [0.5, 0.6) is 0 Å². The first-order valence-electron chi connectivity index (χ1n) is 6.73. The SMILES string of the molecule is CCOC(C)=Nc1ncc(Cc2ccc(Cl)cc2Cl)c(N)n1. The lowest BCUT2D eigenvalue weighted by atomic mass is 10.1. The number of rotatable bonds is 4. The van der Waals surface area contributed by atoms with Crippen molar-refractivity contribution in [3.63, 3.8) is 0 Å². The second-order valence-corrected chi connectivity index (χ2v) is 5.40. The van der Waals surface area contributed by atoms with Crippen LogP contribution in [0.1, 0.15) is 25.0 Å². The predicted molar refractivity (Wildman–Crippen MR) is 90.1 cm³/mol. The van der Waals surface area contributed by atoms with E-state index in [1.165, 1.54) is 0 Å². The minimum absolute atomic E-state index is 0.273. The molecular weight excluding hydrogens is 323 g/mol. The molecule has 0 aliphatic heterocycles. The molecule has 0 radical (unpaired) electrons. The third-order valence-electron chi connectivity index (χ3n) is 2.89. The second kappa shape index (κ2) is 7.42. The molecule has 0 aliphatic rings. The summed E-state index contributed by atoms with van der Waals surface area (Å²) in [5, 5.41) is 1.18. The molecule has 0 bridgehead atoms. The highest BCUT2D eigenvalue weighted by molar-refractivity contribution is 6.35. The molecule has 22 heavy (non-hydrogen) atoms. The lowest BCUT2D eigenvalue weighted by Crippen LogP contribution is -2.03. The maximum Gasteiger partial charge on any atom is 0.254 e. The highest BCUT2D eigenvalue weighted by atomic mass is 35.5. The molecule has 0 amide bonds. The van der Waals surface area contributed by atoms with Gasteiger partial charge in [-0.1, -0.05) is 29.3 Å². The minimum Gasteiger partial charge on any atom is -0.481 e. The molecule has 2 aromatic rings. The van der Waals surface area contributed by atoms with E-state index in [9.17, 15) is 0 Å². The third-order valence-corrected chi connectivity index (χ3v) is 3.48. The van der Waals surface area contributed by atoms with E-state index < -0.39 is 0 Å². The van der Waals surface area contributed by atoms with Crippen LogP contribution in [-0.4, -0.2) is 22.5 Å². The topological polar surface area (TPSA) is 73.4 Å². The van der Waals surface area contributed by atoms with Gasteiger partial charge < -0.3 is 10.5 Å². The average Bonchev–Trinajstić information content (AvgIpc) is 2.44. The van der Waals surface area contributed by atoms with Gasteiger partial charge in [-0.2, -0.15) is 9.98 Å². The van der Waals surface area contributed by atoms with Crippen molar-refractivity contribution in [2.45, 2.75) is 20.3 Å². The molecule has 2 N–H and O–H groups in total. The fourth-order valence-electron chi connectivity index (χ4n) is 1.85. The third kappa shape index (κ3) is 4.32. The number of nitrogens with two attached hydrogens (primary N) is 1. The summed E-state index contributed by atoms with van der Waals surface area (Å²) in [4.78, 5) is 12.5. The van der Waals surface area contributed by atoms with Gasteiger partial charge >= 0.3 is 0 Å². The summed E-state index contributed by atoms with van der Waals surface area (Å²) >= 11 is 12.0. The molecule has 1 heterocycles. The van der Waals surface area contributed by atoms with Crippen molar-refractivity contribution >= 4 is 40.9 Å². The van der Waals surface area contributed by atoms with E-state index >= 15 is 0 Å². The summed E-state index contributed by atoms with van der Waals surface area (Å²) in [6.45, 7) is 4.16. The maximum absolute atomic E-state index is 6.16. The van der Waals surface area contributed by atoms with Gasteiger partial charge in [-0.3, -0.25) is 0 Å². The van der Waals surface area contributed by atoms with Gasteiger partial charge in [0.25, 0.3) is 5.95 Å². The number of halogens is 2. The van der Waals surface area contributed by atoms with E-state index in [1.807, 2.05) is 13.0 Å². The van der Waals surface area contributed by atoms with Crippen molar-refractivity contribution in [2.24, 2.45) is 4.99 Å². The zero-order chi connectivity index (χ0) is 16.1. The Balaban J connectivity index is 2.21. The standard InChI is InChI=1S/C15H16Cl2N4O/c1-3-22-9(2)20-15-19-8-11(14(18)21-15)6-10-4-5-12(16)7-13(10)17/h4-5,7-8H,3,6H2,1-2H3,(H2,18,19,21). The number of nitrogens with zero attached hydrogens (tertiary/aromatic N) is 3. The van der Waals surface area contributed by atoms with E-state index in [0.717, 1.165) is 11.1 Å². The molecule has 1 aromatic carbocycles. The zero-order valence-corrected chi connectivity index (χ0v) is 13.8. The first-order valence-corrected chi connectivity index (χ1v) is 7.48. The molecular formula is C15H16Cl2N4O. The number of hydrogen-bond acceptors (Lipinski definition) is 5. The summed E-state index contributed by atoms with van der Waals surface area (Å²) in [6, 6.07) is 5.33. The summed E-state index contributed by atoms with van der Waals surface area (Å²) in [7, 11) is 0. The maximum atomic E-state index is 6.16. The Bertz CT molecular complexity index is 704. The first kappa shape index (κ1) is 16.5. The number of benzene rings is 1. The van der Waals surface area contributed by atoms with Crippen LogP contribution >= 0.6 is 23.2 Å². The number of anilines is 1. The van der Waals surface area contributed by atoms with Crippen molar-refractivity contribution in [2.75, 3.05) is 12.3 Å². The molecule has 116 valence electrons. The lowest BCUT2D eigenvalue weighted by Gasteiger charge is -2.07. The number of ether oxygens (including phenoxy) is 1. The fraction of sp³-hybridized carbons (Fsp3) is 0.267. The van der Waals surface area contributed by atoms with Gasteiger partial charge in [0, 0.05) is 35.2 Å². The Morgan fingerprint density at radius 3 is 2.73 bits per heavy atom. The van der Waals surface area contributed by atoms with Crippen molar-refractivity contribution in [3.8, 4) is 0 Å². The van der Waals surface area contributed by atoms with Gasteiger partial charge in [0.15, 0.2) is 5.90 Å². The fourth-order valence-corrected chi connectivity index (χ4v) is 2.33. The summed E-state index contributed by atoms with van der Waals surface area (Å²) in [5.74, 6) is 1.13. The van der Waals surface area contributed by atoms with E-state index in [0.29, 0.717) is 34.8 Å². The summed E-state index contributed by atoms with van der Waals surface area (Å²) < 4.78 is 5.24. The van der Waals surface area contributed by atoms with Gasteiger partial charge in [-0.05, 0) is 24.6 Å². The van der Waals surface area contributed by atoms with Crippen LogP contribution in [-0.2, 0) is 11.2 Å². The molecule has 0 saturated heterocycles. The number of nitrogen functional groups attached to an aromatic ring is 1. The largest absolute Gasteiger partial charge is 0.481 e. The molecule has 1 aromatic heterocycles. The van der Waals surface area contributed by atoms with E-state index in [1.54, 1.807) is 25.3 Å². The van der Waals surface area contributed by atoms with Gasteiger partial charge in [-0.15, -0.1) is 0 Å². The highest BCUT2D eigenvalue weighted by Gasteiger charge is 2.08. The number of aromatic nitrogens is 2. The van der Waals surface area contributed by atoms with Crippen LogP contribution in [0.2, 0.25) is 10.0 Å². The van der Waals surface area contributed by atoms with Gasteiger partial charge in [0.05, 0.1) is 6.61 Å². The van der Waals surface area contributed by atoms with Crippen LogP contribution in [0.3, 0.4) is 0 Å². The Morgan fingerprint density at radius 1 is 1.32 bits per heavy atom. The van der Waals surface area contributed by atoms with Crippen LogP contribution in [0.25, 0.3) is 0 Å². The molecule has 2 rings (SSSR count). The molecule has 5 nitrogen and oxygen atoms in total. The second-order valence-electron chi connectivity index (χ2n) is 4.56. The van der Waals surface area contributed by atoms with Crippen molar-refractivity contribution in [1.82, 2.24) is 9.97 Å². The summed E-state index contributed by atoms with van der Waals surface area (Å²) in [6.07, 6.45) is 2.17. The average molecular weight is 339 g/mol. The minimum atomic E-state index is 0.273. The molecule has 0 saturated carbocycles. The van der Waals surface area contributed by atoms with E-state index in [2.05, 4.69) is 15.0 Å². The Kier molecular flexibility index (Phi) is 5.57. The number of aliphatic imine (C=N–C) groups is 1. The van der Waals surface area contributed by atoms with E-state index in [4.69, 9.17) is 33.7 Å². The Morgan fingerprint density at radius 2 is 2.09 bits per heavy atom. The van der Waals surface area contributed by atoms with Crippen molar-refractivity contribution < 1.29 is 4.74 Å². The molecule has 0 atom stereocenters. The smallest absolute Gasteiger partial charge is 0.254 e.